The standard InChI is InChI=1S/C7H7NO2.C7H7NO.C6H14N2O2.C6H11NO.Ag/c8-6-4-2-1-3-5(6)7(9)10;8-7(9)6-4-2-1-3-5-6;7-4-2-1-3-5(8)6(9)10;8-6-4-2-1-3-5-7-6;/h1-4H,8H2,(H,9,10);1-5H,(H2,8,9);5H,1-4,7-8H2,(H,9,10);1-5H2,(H,7,8);/q;;;;+1/p-1. The summed E-state index contributed by atoms with van der Waals surface area (Å²) in [6, 6.07) is 14.2. The van der Waals surface area contributed by atoms with Crippen LogP contribution in [0, 0.1) is 0 Å². The van der Waals surface area contributed by atoms with Crippen molar-refractivity contribution in [2.24, 2.45) is 17.2 Å². The van der Waals surface area contributed by atoms with Gasteiger partial charge in [0.1, 0.15) is 6.04 Å². The van der Waals surface area contributed by atoms with Gasteiger partial charge in [0, 0.05) is 29.8 Å². The SMILES string of the molecule is NC(=O)c1ccccc1.NCCCCC(N)C(=O)O.Nc1ccccc1C(=O)[O-].O=C1CCCCCN1.[Ag+]. The molecule has 0 bridgehead atoms. The summed E-state index contributed by atoms with van der Waals surface area (Å²) >= 11 is 0. The van der Waals surface area contributed by atoms with Crippen LogP contribution in [0.4, 0.5) is 5.69 Å². The molecule has 1 fully saturated rings. The van der Waals surface area contributed by atoms with Crippen LogP contribution >= 0.6 is 0 Å². The molecule has 2 aromatic rings. The van der Waals surface area contributed by atoms with Crippen molar-refractivity contribution in [3.8, 4) is 0 Å². The minimum absolute atomic E-state index is 0. The van der Waals surface area contributed by atoms with Crippen molar-refractivity contribution in [2.75, 3.05) is 18.8 Å². The molecule has 1 aliphatic rings. The molecule has 1 unspecified atom stereocenters. The monoisotopic (exact) mass is 623 g/mol. The molecule has 0 saturated carbocycles. The number of hydrogen-bond acceptors (Lipinski definition) is 8. The summed E-state index contributed by atoms with van der Waals surface area (Å²) in [5.74, 6) is -2.33. The Morgan fingerprint density at radius 3 is 2.05 bits per heavy atom. The number of unbranched alkanes of at least 4 members (excludes halogenated alkanes) is 1. The molecule has 38 heavy (non-hydrogen) atoms. The first kappa shape index (κ1) is 36.9. The average Bonchev–Trinajstić information content (AvgIpc) is 3.13. The molecule has 10 N–H and O–H groups in total. The first-order valence-corrected chi connectivity index (χ1v) is 12.0. The van der Waals surface area contributed by atoms with Crippen LogP contribution in [0.25, 0.3) is 0 Å². The number of anilines is 1. The summed E-state index contributed by atoms with van der Waals surface area (Å²) in [7, 11) is 0. The number of primary amides is 1. The number of carboxylic acid groups (broad SMARTS) is 2. The van der Waals surface area contributed by atoms with Crippen LogP contribution in [-0.2, 0) is 32.0 Å². The van der Waals surface area contributed by atoms with Crippen LogP contribution in [0.1, 0.15) is 65.7 Å². The molecule has 0 spiro atoms. The van der Waals surface area contributed by atoms with Gasteiger partial charge in [-0.2, -0.15) is 0 Å². The second-order valence-electron chi connectivity index (χ2n) is 7.99. The Kier molecular flexibility index (Phi) is 22.3. The molecule has 1 aliphatic heterocycles. The average molecular weight is 624 g/mol. The Morgan fingerprint density at radius 1 is 0.974 bits per heavy atom. The van der Waals surface area contributed by atoms with Gasteiger partial charge in [-0.05, 0) is 50.4 Å². The molecule has 12 heteroatoms. The molecular formula is C26H38AgN5O6. The van der Waals surface area contributed by atoms with Crippen molar-refractivity contribution in [1.82, 2.24) is 5.32 Å². The van der Waals surface area contributed by atoms with Crippen molar-refractivity contribution < 1.29 is 51.8 Å². The zero-order chi connectivity index (χ0) is 28.1. The number of rotatable bonds is 7. The molecule has 1 heterocycles. The van der Waals surface area contributed by atoms with E-state index in [0.717, 1.165) is 38.6 Å². The first-order valence-electron chi connectivity index (χ1n) is 12.0. The maximum Gasteiger partial charge on any atom is 1.00 e. The van der Waals surface area contributed by atoms with Crippen molar-refractivity contribution in [3.63, 3.8) is 0 Å². The Labute approximate surface area is 238 Å². The van der Waals surface area contributed by atoms with Gasteiger partial charge in [0.15, 0.2) is 0 Å². The van der Waals surface area contributed by atoms with Gasteiger partial charge in [0.25, 0.3) is 0 Å². The van der Waals surface area contributed by atoms with Crippen molar-refractivity contribution in [2.45, 2.75) is 51.0 Å². The Hall–Kier alpha value is -3.22. The van der Waals surface area contributed by atoms with E-state index in [1.54, 1.807) is 36.4 Å². The summed E-state index contributed by atoms with van der Waals surface area (Å²) in [5.41, 5.74) is 21.5. The molecule has 1 atom stereocenters. The van der Waals surface area contributed by atoms with Crippen molar-refractivity contribution in [1.29, 1.82) is 0 Å². The fraction of sp³-hybridized carbons (Fsp3) is 0.385. The van der Waals surface area contributed by atoms with Crippen molar-refractivity contribution in [3.05, 3.63) is 65.7 Å². The fourth-order valence-electron chi connectivity index (χ4n) is 2.82. The third-order valence-corrected chi connectivity index (χ3v) is 4.93. The topological polar surface area (TPSA) is 228 Å². The van der Waals surface area contributed by atoms with E-state index in [1.807, 2.05) is 6.07 Å². The maximum absolute atomic E-state index is 10.6. The first-order chi connectivity index (χ1) is 17.6. The molecule has 2 aromatic carbocycles. The number of nitrogen functional groups attached to an aromatic ring is 1. The van der Waals surface area contributed by atoms with Crippen LogP contribution in [0.3, 0.4) is 0 Å². The molecule has 11 nitrogen and oxygen atoms in total. The Morgan fingerprint density at radius 2 is 1.58 bits per heavy atom. The molecule has 3 rings (SSSR count). The van der Waals surface area contributed by atoms with E-state index in [-0.39, 0.29) is 45.4 Å². The van der Waals surface area contributed by atoms with Gasteiger partial charge in [-0.25, -0.2) is 0 Å². The van der Waals surface area contributed by atoms with Gasteiger partial charge in [-0.15, -0.1) is 0 Å². The molecule has 0 aliphatic carbocycles. The number of nitrogens with one attached hydrogen (secondary N) is 1. The quantitative estimate of drug-likeness (QED) is 0.144. The number of benzene rings is 2. The van der Waals surface area contributed by atoms with E-state index in [1.165, 1.54) is 18.6 Å². The number of carbonyl (C=O) groups is 4. The van der Waals surface area contributed by atoms with Gasteiger partial charge in [-0.1, -0.05) is 49.2 Å². The summed E-state index contributed by atoms with van der Waals surface area (Å²) in [5, 5.41) is 21.4. The van der Waals surface area contributed by atoms with Crippen LogP contribution in [0.2, 0.25) is 0 Å². The number of para-hydroxylation sites is 1. The van der Waals surface area contributed by atoms with Crippen molar-refractivity contribution >= 4 is 29.4 Å². The molecule has 0 radical (unpaired) electrons. The van der Waals surface area contributed by atoms with Crippen LogP contribution < -0.4 is 33.4 Å². The van der Waals surface area contributed by atoms with Gasteiger partial charge in [0.2, 0.25) is 11.8 Å². The Bertz CT molecular complexity index is 952. The number of nitrogens with two attached hydrogens (primary N) is 4. The molecule has 1 saturated heterocycles. The largest absolute Gasteiger partial charge is 1.00 e. The molecule has 214 valence electrons. The second-order valence-corrected chi connectivity index (χ2v) is 7.99. The number of carboxylic acids is 2. The molecule has 2 amide bonds. The Balaban J connectivity index is 0. The van der Waals surface area contributed by atoms with Crippen LogP contribution in [0.15, 0.2) is 54.6 Å². The number of carbonyl (C=O) groups excluding carboxylic acids is 3. The zero-order valence-corrected chi connectivity index (χ0v) is 22.7. The van der Waals surface area contributed by atoms with Gasteiger partial charge in [0.05, 0.1) is 5.97 Å². The minimum Gasteiger partial charge on any atom is -0.545 e. The molecular weight excluding hydrogens is 586 g/mol. The molecule has 0 aromatic heterocycles. The number of aromatic carboxylic acids is 1. The van der Waals surface area contributed by atoms with E-state index >= 15 is 0 Å². The predicted molar refractivity (Wildman–Crippen MR) is 140 cm³/mol. The summed E-state index contributed by atoms with van der Waals surface area (Å²) in [6.45, 7) is 1.49. The van der Waals surface area contributed by atoms with Gasteiger partial charge >= 0.3 is 28.3 Å². The van der Waals surface area contributed by atoms with E-state index in [9.17, 15) is 24.3 Å². The number of aliphatic carboxylic acids is 1. The van der Waals surface area contributed by atoms with Crippen LogP contribution in [0.5, 0.6) is 0 Å². The van der Waals surface area contributed by atoms with E-state index < -0.39 is 18.0 Å². The summed E-state index contributed by atoms with van der Waals surface area (Å²) < 4.78 is 0. The maximum atomic E-state index is 10.6. The van der Waals surface area contributed by atoms with Crippen LogP contribution in [-0.4, -0.2) is 48.0 Å². The van der Waals surface area contributed by atoms with E-state index in [2.05, 4.69) is 5.32 Å². The van der Waals surface area contributed by atoms with Gasteiger partial charge < -0.3 is 43.3 Å². The van der Waals surface area contributed by atoms with Gasteiger partial charge in [-0.3, -0.25) is 14.4 Å². The predicted octanol–water partition coefficient (Wildman–Crippen LogP) is 0.619. The van der Waals surface area contributed by atoms with E-state index in [0.29, 0.717) is 18.5 Å². The third kappa shape index (κ3) is 19.0. The number of hydrogen-bond donors (Lipinski definition) is 6. The smallest absolute Gasteiger partial charge is 0.545 e. The normalized spacial score (nSPS) is 12.5. The fourth-order valence-corrected chi connectivity index (χ4v) is 2.82. The second kappa shape index (κ2) is 22.9. The zero-order valence-electron chi connectivity index (χ0n) is 21.2. The van der Waals surface area contributed by atoms with E-state index in [4.69, 9.17) is 28.0 Å². The summed E-state index contributed by atoms with van der Waals surface area (Å²) in [6.07, 6.45) is 6.34. The number of amides is 2. The minimum atomic E-state index is -1.24. The summed E-state index contributed by atoms with van der Waals surface area (Å²) in [4.78, 5) is 41.4. The third-order valence-electron chi connectivity index (χ3n) is 4.93.